The average Bonchev–Trinajstić information content (AvgIpc) is 2.66. The van der Waals surface area contributed by atoms with Gasteiger partial charge in [-0.25, -0.2) is 4.79 Å². The monoisotopic (exact) mass is 275 g/mol. The largest absolute Gasteiger partial charge is 0.385 e. The van der Waals surface area contributed by atoms with E-state index in [0.29, 0.717) is 12.4 Å². The lowest BCUT2D eigenvalue weighted by molar-refractivity contribution is 0.169. The van der Waals surface area contributed by atoms with E-state index in [1.54, 1.807) is 0 Å². The number of amidine groups is 1. The Kier molecular flexibility index (Phi) is 3.22. The average molecular weight is 275 g/mol. The Bertz CT molecular complexity index is 509. The van der Waals surface area contributed by atoms with Gasteiger partial charge in [-0.05, 0) is 24.2 Å². The molecule has 0 saturated carbocycles. The standard InChI is InChI=1S/C14H17N3OS/c15-12-14(7-4-8-19-10-14)17(13(18)16-12)9-11-5-2-1-3-6-11/h1-3,5-6H,4,7-10H2,(H2,15,16,18). The van der Waals surface area contributed by atoms with Gasteiger partial charge in [-0.1, -0.05) is 30.3 Å². The van der Waals surface area contributed by atoms with Crippen molar-refractivity contribution in [3.63, 3.8) is 0 Å². The number of nitrogens with two attached hydrogens (primary N) is 1. The lowest BCUT2D eigenvalue weighted by Crippen LogP contribution is -2.57. The van der Waals surface area contributed by atoms with Crippen molar-refractivity contribution in [2.75, 3.05) is 11.5 Å². The second-order valence-electron chi connectivity index (χ2n) is 5.04. The highest BCUT2D eigenvalue weighted by atomic mass is 32.2. The van der Waals surface area contributed by atoms with Crippen molar-refractivity contribution in [2.24, 2.45) is 10.7 Å². The third-order valence-corrected chi connectivity index (χ3v) is 5.10. The Morgan fingerprint density at radius 3 is 2.84 bits per heavy atom. The van der Waals surface area contributed by atoms with Crippen LogP contribution in [0.3, 0.4) is 0 Å². The molecule has 0 bridgehead atoms. The molecular weight excluding hydrogens is 258 g/mol. The number of carbonyl (C=O) groups is 1. The van der Waals surface area contributed by atoms with Crippen LogP contribution in [-0.2, 0) is 6.54 Å². The summed E-state index contributed by atoms with van der Waals surface area (Å²) in [5.74, 6) is 2.50. The number of carbonyl (C=O) groups excluding carboxylic acids is 1. The summed E-state index contributed by atoms with van der Waals surface area (Å²) in [5.41, 5.74) is 6.82. The van der Waals surface area contributed by atoms with Gasteiger partial charge in [-0.2, -0.15) is 16.8 Å². The quantitative estimate of drug-likeness (QED) is 0.900. The van der Waals surface area contributed by atoms with Gasteiger partial charge < -0.3 is 10.6 Å². The zero-order chi connectivity index (χ0) is 13.3. The van der Waals surface area contributed by atoms with Crippen molar-refractivity contribution in [2.45, 2.75) is 24.9 Å². The molecule has 0 aromatic heterocycles. The number of aliphatic imine (C=N–C) groups is 1. The molecule has 2 aliphatic rings. The molecule has 0 aliphatic carbocycles. The molecule has 0 radical (unpaired) electrons. The Morgan fingerprint density at radius 2 is 2.16 bits per heavy atom. The van der Waals surface area contributed by atoms with E-state index in [1.165, 1.54) is 0 Å². The van der Waals surface area contributed by atoms with E-state index < -0.39 is 0 Å². The molecule has 1 saturated heterocycles. The summed E-state index contributed by atoms with van der Waals surface area (Å²) in [6.45, 7) is 0.588. The minimum atomic E-state index is -0.351. The number of hydrogen-bond donors (Lipinski definition) is 1. The molecule has 3 rings (SSSR count). The van der Waals surface area contributed by atoms with E-state index in [4.69, 9.17) is 5.73 Å². The molecular formula is C14H17N3OS. The van der Waals surface area contributed by atoms with Crippen molar-refractivity contribution in [3.05, 3.63) is 35.9 Å². The number of benzene rings is 1. The maximum absolute atomic E-state index is 12.1. The van der Waals surface area contributed by atoms with Crippen molar-refractivity contribution in [3.8, 4) is 0 Å². The lowest BCUT2D eigenvalue weighted by atomic mass is 9.92. The number of amides is 2. The van der Waals surface area contributed by atoms with Crippen LogP contribution < -0.4 is 5.73 Å². The smallest absolute Gasteiger partial charge is 0.346 e. The normalized spacial score (nSPS) is 26.8. The van der Waals surface area contributed by atoms with Gasteiger partial charge >= 0.3 is 6.03 Å². The first-order chi connectivity index (χ1) is 9.22. The van der Waals surface area contributed by atoms with E-state index in [-0.39, 0.29) is 11.6 Å². The number of hydrogen-bond acceptors (Lipinski definition) is 3. The van der Waals surface area contributed by atoms with Crippen LogP contribution >= 0.6 is 11.8 Å². The molecule has 4 nitrogen and oxygen atoms in total. The van der Waals surface area contributed by atoms with E-state index >= 15 is 0 Å². The van der Waals surface area contributed by atoms with E-state index in [2.05, 4.69) is 4.99 Å². The van der Waals surface area contributed by atoms with Crippen LogP contribution in [0.4, 0.5) is 4.79 Å². The summed E-state index contributed by atoms with van der Waals surface area (Å²) in [5, 5.41) is 0. The van der Waals surface area contributed by atoms with E-state index in [1.807, 2.05) is 47.0 Å². The summed E-state index contributed by atoms with van der Waals surface area (Å²) in [6.07, 6.45) is 2.01. The molecule has 19 heavy (non-hydrogen) atoms. The first-order valence-electron chi connectivity index (χ1n) is 6.50. The van der Waals surface area contributed by atoms with Gasteiger partial charge in [0.05, 0.1) is 0 Å². The summed E-state index contributed by atoms with van der Waals surface area (Å²) in [4.78, 5) is 18.0. The minimum absolute atomic E-state index is 0.191. The van der Waals surface area contributed by atoms with Crippen LogP contribution in [-0.4, -0.2) is 33.8 Å². The fraction of sp³-hybridized carbons (Fsp3) is 0.429. The molecule has 100 valence electrons. The topological polar surface area (TPSA) is 58.7 Å². The highest BCUT2D eigenvalue weighted by molar-refractivity contribution is 7.99. The predicted molar refractivity (Wildman–Crippen MR) is 78.3 cm³/mol. The molecule has 2 aliphatic heterocycles. The van der Waals surface area contributed by atoms with Crippen LogP contribution in [0, 0.1) is 0 Å². The molecule has 1 spiro atoms. The Labute approximate surface area is 117 Å². The zero-order valence-electron chi connectivity index (χ0n) is 10.7. The van der Waals surface area contributed by atoms with Crippen molar-refractivity contribution < 1.29 is 4.79 Å². The van der Waals surface area contributed by atoms with E-state index in [0.717, 1.165) is 29.9 Å². The van der Waals surface area contributed by atoms with Gasteiger partial charge in [0.2, 0.25) is 0 Å². The van der Waals surface area contributed by atoms with Crippen LogP contribution in [0.5, 0.6) is 0 Å². The highest BCUT2D eigenvalue weighted by Crippen LogP contribution is 2.37. The van der Waals surface area contributed by atoms with Crippen LogP contribution in [0.1, 0.15) is 18.4 Å². The van der Waals surface area contributed by atoms with Gasteiger partial charge in [0.15, 0.2) is 0 Å². The number of thioether (sulfide) groups is 1. The van der Waals surface area contributed by atoms with Crippen LogP contribution in [0.2, 0.25) is 0 Å². The van der Waals surface area contributed by atoms with Crippen LogP contribution in [0.25, 0.3) is 0 Å². The Balaban J connectivity index is 1.88. The predicted octanol–water partition coefficient (Wildman–Crippen LogP) is 2.25. The molecule has 1 fully saturated rings. The second kappa shape index (κ2) is 4.89. The summed E-state index contributed by atoms with van der Waals surface area (Å²) < 4.78 is 0. The zero-order valence-corrected chi connectivity index (χ0v) is 11.5. The molecule has 1 unspecified atom stereocenters. The first-order valence-corrected chi connectivity index (χ1v) is 7.66. The van der Waals surface area contributed by atoms with Crippen LogP contribution in [0.15, 0.2) is 35.3 Å². The van der Waals surface area contributed by atoms with Crippen molar-refractivity contribution in [1.29, 1.82) is 0 Å². The fourth-order valence-electron chi connectivity index (χ4n) is 2.77. The maximum Gasteiger partial charge on any atom is 0.346 e. The second-order valence-corrected chi connectivity index (χ2v) is 6.14. The van der Waals surface area contributed by atoms with Gasteiger partial charge in [-0.15, -0.1) is 0 Å². The third kappa shape index (κ3) is 2.12. The molecule has 1 aromatic rings. The number of nitrogens with zero attached hydrogens (tertiary/aromatic N) is 2. The van der Waals surface area contributed by atoms with E-state index in [9.17, 15) is 4.79 Å². The minimum Gasteiger partial charge on any atom is -0.385 e. The Morgan fingerprint density at radius 1 is 1.37 bits per heavy atom. The molecule has 2 amide bonds. The molecule has 1 aromatic carbocycles. The SMILES string of the molecule is NC1=NC(=O)N(Cc2ccccc2)C12CCCSC2. The van der Waals surface area contributed by atoms with Crippen molar-refractivity contribution in [1.82, 2.24) is 4.90 Å². The summed E-state index contributed by atoms with van der Waals surface area (Å²) >= 11 is 1.86. The van der Waals surface area contributed by atoms with Gasteiger partial charge in [0, 0.05) is 12.3 Å². The molecule has 1 atom stereocenters. The highest BCUT2D eigenvalue weighted by Gasteiger charge is 2.48. The Hall–Kier alpha value is -1.49. The summed E-state index contributed by atoms with van der Waals surface area (Å²) in [7, 11) is 0. The maximum atomic E-state index is 12.1. The van der Waals surface area contributed by atoms with Gasteiger partial charge in [0.25, 0.3) is 0 Å². The number of urea groups is 1. The lowest BCUT2D eigenvalue weighted by Gasteiger charge is -2.40. The molecule has 5 heteroatoms. The summed E-state index contributed by atoms with van der Waals surface area (Å²) in [6, 6.07) is 9.83. The van der Waals surface area contributed by atoms with Gasteiger partial charge in [-0.3, -0.25) is 0 Å². The fourth-order valence-corrected chi connectivity index (χ4v) is 4.05. The van der Waals surface area contributed by atoms with Gasteiger partial charge in [0.1, 0.15) is 11.4 Å². The third-order valence-electron chi connectivity index (χ3n) is 3.84. The van der Waals surface area contributed by atoms with Crippen molar-refractivity contribution >= 4 is 23.6 Å². The number of rotatable bonds is 2. The molecule has 2 heterocycles. The molecule has 2 N–H and O–H groups in total. The first kappa shape index (κ1) is 12.5.